The molecule has 1 aromatic heterocycles. The van der Waals surface area contributed by atoms with Crippen molar-refractivity contribution in [2.75, 3.05) is 13.2 Å². The van der Waals surface area contributed by atoms with Gasteiger partial charge in [-0.1, -0.05) is 27.7 Å². The van der Waals surface area contributed by atoms with Crippen molar-refractivity contribution in [3.05, 3.63) is 21.9 Å². The maximum absolute atomic E-state index is 6.07. The Hall–Kier alpha value is -0.380. The highest BCUT2D eigenvalue weighted by Gasteiger charge is 2.33. The van der Waals surface area contributed by atoms with E-state index in [9.17, 15) is 0 Å². The number of aryl methyl sites for hydroxylation is 1. The average molecular weight is 283 g/mol. The van der Waals surface area contributed by atoms with Gasteiger partial charge in [0.05, 0.1) is 12.1 Å². The van der Waals surface area contributed by atoms with Crippen molar-refractivity contribution in [2.45, 2.75) is 60.1 Å². The summed E-state index contributed by atoms with van der Waals surface area (Å²) in [7, 11) is 0. The highest BCUT2D eigenvalue weighted by atomic mass is 32.1. The van der Waals surface area contributed by atoms with E-state index in [-0.39, 0.29) is 17.6 Å². The summed E-state index contributed by atoms with van der Waals surface area (Å²) < 4.78 is 6.07. The molecule has 1 heterocycles. The minimum Gasteiger partial charge on any atom is -0.376 e. The molecule has 3 heteroatoms. The minimum absolute atomic E-state index is 0.122. The van der Waals surface area contributed by atoms with Crippen LogP contribution in [0.25, 0.3) is 0 Å². The number of hydrogen-bond acceptors (Lipinski definition) is 3. The van der Waals surface area contributed by atoms with Crippen molar-refractivity contribution in [2.24, 2.45) is 5.41 Å². The van der Waals surface area contributed by atoms with Gasteiger partial charge in [-0.3, -0.25) is 0 Å². The van der Waals surface area contributed by atoms with Crippen LogP contribution in [0.5, 0.6) is 0 Å². The molecule has 0 aliphatic carbocycles. The van der Waals surface area contributed by atoms with Crippen molar-refractivity contribution in [1.82, 2.24) is 5.32 Å². The van der Waals surface area contributed by atoms with Crippen LogP contribution in [0.15, 0.2) is 11.4 Å². The van der Waals surface area contributed by atoms with Gasteiger partial charge in [-0.05, 0) is 49.2 Å². The molecule has 2 atom stereocenters. The Labute approximate surface area is 122 Å². The number of thiophene rings is 1. The number of nitrogens with one attached hydrogen (secondary N) is 1. The summed E-state index contributed by atoms with van der Waals surface area (Å²) in [5, 5.41) is 5.94. The first kappa shape index (κ1) is 16.7. The van der Waals surface area contributed by atoms with Gasteiger partial charge >= 0.3 is 0 Å². The molecule has 0 aliphatic heterocycles. The lowest BCUT2D eigenvalue weighted by atomic mass is 9.82. The van der Waals surface area contributed by atoms with Crippen LogP contribution < -0.4 is 5.32 Å². The van der Waals surface area contributed by atoms with Crippen LogP contribution in [0, 0.1) is 12.3 Å². The summed E-state index contributed by atoms with van der Waals surface area (Å²) in [6.07, 6.45) is 1.33. The van der Waals surface area contributed by atoms with Crippen molar-refractivity contribution >= 4 is 11.3 Å². The van der Waals surface area contributed by atoms with Gasteiger partial charge in [-0.25, -0.2) is 0 Å². The highest BCUT2D eigenvalue weighted by molar-refractivity contribution is 7.10. The average Bonchev–Trinajstić information content (AvgIpc) is 2.73. The van der Waals surface area contributed by atoms with Gasteiger partial charge in [0.15, 0.2) is 0 Å². The maximum atomic E-state index is 6.07. The molecule has 1 rings (SSSR count). The largest absolute Gasteiger partial charge is 0.376 e. The van der Waals surface area contributed by atoms with Gasteiger partial charge in [-0.2, -0.15) is 0 Å². The Morgan fingerprint density at radius 2 is 2.00 bits per heavy atom. The van der Waals surface area contributed by atoms with Gasteiger partial charge in [0, 0.05) is 11.5 Å². The zero-order valence-electron chi connectivity index (χ0n) is 13.2. The van der Waals surface area contributed by atoms with Crippen LogP contribution in [-0.2, 0) is 4.74 Å². The zero-order valence-corrected chi connectivity index (χ0v) is 14.1. The predicted octanol–water partition coefficient (Wildman–Crippen LogP) is 4.55. The zero-order chi connectivity index (χ0) is 14.5. The molecule has 0 bridgehead atoms. The van der Waals surface area contributed by atoms with E-state index < -0.39 is 0 Å². The van der Waals surface area contributed by atoms with E-state index in [0.717, 1.165) is 19.6 Å². The molecule has 2 unspecified atom stereocenters. The van der Waals surface area contributed by atoms with E-state index in [2.05, 4.69) is 58.3 Å². The lowest BCUT2D eigenvalue weighted by molar-refractivity contribution is -0.0364. The van der Waals surface area contributed by atoms with E-state index >= 15 is 0 Å². The van der Waals surface area contributed by atoms with Gasteiger partial charge in [0.1, 0.15) is 0 Å². The first-order valence-corrected chi connectivity index (χ1v) is 8.18. The minimum atomic E-state index is 0.122. The molecular formula is C16H29NOS. The molecule has 0 aromatic carbocycles. The predicted molar refractivity (Wildman–Crippen MR) is 85.0 cm³/mol. The summed E-state index contributed by atoms with van der Waals surface area (Å²) in [6.45, 7) is 15.0. The monoisotopic (exact) mass is 283 g/mol. The maximum Gasteiger partial charge on any atom is 0.0817 e. The normalized spacial score (nSPS) is 15.5. The summed E-state index contributed by atoms with van der Waals surface area (Å²) in [6, 6.07) is 2.57. The van der Waals surface area contributed by atoms with Crippen LogP contribution in [0.4, 0.5) is 0 Å². The lowest BCUT2D eigenvalue weighted by Gasteiger charge is -2.37. The smallest absolute Gasteiger partial charge is 0.0817 e. The Bertz CT molecular complexity index is 367. The van der Waals surface area contributed by atoms with Crippen molar-refractivity contribution in [3.8, 4) is 0 Å². The first-order valence-electron chi connectivity index (χ1n) is 7.30. The second-order valence-corrected chi connectivity index (χ2v) is 7.28. The van der Waals surface area contributed by atoms with Crippen LogP contribution in [0.1, 0.15) is 57.5 Å². The van der Waals surface area contributed by atoms with E-state index in [4.69, 9.17) is 4.74 Å². The van der Waals surface area contributed by atoms with Gasteiger partial charge < -0.3 is 10.1 Å². The molecular weight excluding hydrogens is 254 g/mol. The molecule has 0 spiro atoms. The Balaban J connectivity index is 2.99. The molecule has 110 valence electrons. The van der Waals surface area contributed by atoms with E-state index in [1.165, 1.54) is 10.4 Å². The molecule has 0 fully saturated rings. The third-order valence-electron chi connectivity index (χ3n) is 3.23. The third kappa shape index (κ3) is 4.90. The lowest BCUT2D eigenvalue weighted by Crippen LogP contribution is -2.42. The van der Waals surface area contributed by atoms with Gasteiger partial charge in [0.25, 0.3) is 0 Å². The van der Waals surface area contributed by atoms with Crippen molar-refractivity contribution in [3.63, 3.8) is 0 Å². The fourth-order valence-electron chi connectivity index (χ4n) is 2.35. The summed E-state index contributed by atoms with van der Waals surface area (Å²) in [5.41, 5.74) is 1.49. The fourth-order valence-corrected chi connectivity index (χ4v) is 3.09. The number of hydrogen-bond donors (Lipinski definition) is 1. The standard InChI is InChI=1S/C16H29NOS/c1-7-9-17-14(13-10-12(3)19-11-13)15(18-8-2)16(4,5)6/h10-11,14-15,17H,7-9H2,1-6H3. The number of rotatable bonds is 7. The van der Waals surface area contributed by atoms with Crippen LogP contribution in [0.2, 0.25) is 0 Å². The Morgan fingerprint density at radius 3 is 2.42 bits per heavy atom. The topological polar surface area (TPSA) is 21.3 Å². The second kappa shape index (κ2) is 7.41. The summed E-state index contributed by atoms with van der Waals surface area (Å²) in [5.74, 6) is 0. The molecule has 19 heavy (non-hydrogen) atoms. The molecule has 0 amide bonds. The SMILES string of the molecule is CCCNC(c1csc(C)c1)C(OCC)C(C)(C)C. The van der Waals surface area contributed by atoms with Crippen LogP contribution in [-0.4, -0.2) is 19.3 Å². The molecule has 1 aromatic rings. The van der Waals surface area contributed by atoms with E-state index in [1.54, 1.807) is 0 Å². The number of ether oxygens (including phenoxy) is 1. The van der Waals surface area contributed by atoms with Gasteiger partial charge in [-0.15, -0.1) is 11.3 Å². The second-order valence-electron chi connectivity index (χ2n) is 6.16. The molecule has 0 saturated carbocycles. The van der Waals surface area contributed by atoms with Crippen molar-refractivity contribution in [1.29, 1.82) is 0 Å². The van der Waals surface area contributed by atoms with Crippen LogP contribution in [0.3, 0.4) is 0 Å². The summed E-state index contributed by atoms with van der Waals surface area (Å²) >= 11 is 1.82. The molecule has 1 N–H and O–H groups in total. The molecule has 0 radical (unpaired) electrons. The molecule has 0 aliphatic rings. The van der Waals surface area contributed by atoms with E-state index in [1.807, 2.05) is 11.3 Å². The van der Waals surface area contributed by atoms with E-state index in [0.29, 0.717) is 0 Å². The molecule has 0 saturated heterocycles. The third-order valence-corrected chi connectivity index (χ3v) is 4.11. The Morgan fingerprint density at radius 1 is 1.32 bits per heavy atom. The fraction of sp³-hybridized carbons (Fsp3) is 0.750. The first-order chi connectivity index (χ1) is 8.90. The van der Waals surface area contributed by atoms with Crippen LogP contribution >= 0.6 is 11.3 Å². The van der Waals surface area contributed by atoms with Gasteiger partial charge in [0.2, 0.25) is 0 Å². The van der Waals surface area contributed by atoms with Crippen molar-refractivity contribution < 1.29 is 4.74 Å². The quantitative estimate of drug-likeness (QED) is 0.792. The Kier molecular flexibility index (Phi) is 6.51. The molecule has 2 nitrogen and oxygen atoms in total. The summed E-state index contributed by atoms with van der Waals surface area (Å²) in [4.78, 5) is 1.36. The highest BCUT2D eigenvalue weighted by Crippen LogP contribution is 2.34.